The molecule has 0 saturated heterocycles. The van der Waals surface area contributed by atoms with Crippen molar-refractivity contribution in [3.63, 3.8) is 0 Å². The van der Waals surface area contributed by atoms with Gasteiger partial charge in [-0.25, -0.2) is 0 Å². The Morgan fingerprint density at radius 2 is 2.00 bits per heavy atom. The summed E-state index contributed by atoms with van der Waals surface area (Å²) in [6.45, 7) is 4.87. The third-order valence-corrected chi connectivity index (χ3v) is 3.25. The normalized spacial score (nSPS) is 10.8. The van der Waals surface area contributed by atoms with Crippen molar-refractivity contribution in [2.45, 2.75) is 33.1 Å². The Hall–Kier alpha value is -2.03. The number of ether oxygens (including phenoxy) is 1. The van der Waals surface area contributed by atoms with Gasteiger partial charge in [0.2, 0.25) is 0 Å². The molecule has 0 radical (unpaired) electrons. The van der Waals surface area contributed by atoms with Crippen LogP contribution in [0.2, 0.25) is 0 Å². The molecule has 1 aromatic carbocycles. The van der Waals surface area contributed by atoms with Crippen LogP contribution in [0.5, 0.6) is 11.5 Å². The molecule has 0 saturated carbocycles. The summed E-state index contributed by atoms with van der Waals surface area (Å²) in [5, 5.41) is 10.1. The molecule has 3 heteroatoms. The molecule has 0 amide bonds. The summed E-state index contributed by atoms with van der Waals surface area (Å²) < 4.78 is 5.61. The van der Waals surface area contributed by atoms with Crippen LogP contribution in [0.25, 0.3) is 0 Å². The van der Waals surface area contributed by atoms with E-state index in [1.165, 1.54) is 0 Å². The van der Waals surface area contributed by atoms with Crippen molar-refractivity contribution in [2.75, 3.05) is 6.61 Å². The minimum absolute atomic E-state index is 0.317. The number of pyridine rings is 1. The molecule has 0 aliphatic carbocycles. The standard InChI is InChI=1S/C18H23NO2/c1-14(2)13-21-17-10-9-15(18(20)12-17)6-5-8-16-7-3-4-11-19-16/h3-4,7,9-12,14,20H,5-6,8,13H2,1-2H3. The lowest BCUT2D eigenvalue weighted by atomic mass is 10.1. The van der Waals surface area contributed by atoms with E-state index in [-0.39, 0.29) is 0 Å². The number of phenolic OH excluding ortho intramolecular Hbond substituents is 1. The van der Waals surface area contributed by atoms with Crippen molar-refractivity contribution in [3.05, 3.63) is 53.9 Å². The fraction of sp³-hybridized carbons (Fsp3) is 0.389. The van der Waals surface area contributed by atoms with E-state index in [4.69, 9.17) is 4.74 Å². The fourth-order valence-corrected chi connectivity index (χ4v) is 2.11. The minimum atomic E-state index is 0.317. The summed E-state index contributed by atoms with van der Waals surface area (Å²) in [6.07, 6.45) is 4.54. The molecule has 3 nitrogen and oxygen atoms in total. The van der Waals surface area contributed by atoms with Gasteiger partial charge in [0.1, 0.15) is 11.5 Å². The number of benzene rings is 1. The highest BCUT2D eigenvalue weighted by atomic mass is 16.5. The van der Waals surface area contributed by atoms with E-state index in [0.29, 0.717) is 18.3 Å². The molecule has 1 aromatic heterocycles. The van der Waals surface area contributed by atoms with Gasteiger partial charge >= 0.3 is 0 Å². The quantitative estimate of drug-likeness (QED) is 0.836. The van der Waals surface area contributed by atoms with E-state index in [1.807, 2.05) is 36.5 Å². The number of nitrogens with zero attached hydrogens (tertiary/aromatic N) is 1. The zero-order chi connectivity index (χ0) is 15.1. The third kappa shape index (κ3) is 5.10. The predicted molar refractivity (Wildman–Crippen MR) is 84.7 cm³/mol. The maximum Gasteiger partial charge on any atom is 0.123 e. The lowest BCUT2D eigenvalue weighted by molar-refractivity contribution is 0.270. The van der Waals surface area contributed by atoms with E-state index in [9.17, 15) is 5.11 Å². The molecule has 0 fully saturated rings. The summed E-state index contributed by atoms with van der Waals surface area (Å²) in [5.41, 5.74) is 2.05. The molecule has 2 aromatic rings. The summed E-state index contributed by atoms with van der Waals surface area (Å²) in [6, 6.07) is 11.5. The first kappa shape index (κ1) is 15.4. The highest BCUT2D eigenvalue weighted by molar-refractivity contribution is 5.39. The number of aryl methyl sites for hydroxylation is 2. The van der Waals surface area contributed by atoms with Gasteiger partial charge in [0, 0.05) is 18.0 Å². The van der Waals surface area contributed by atoms with Gasteiger partial charge in [-0.15, -0.1) is 0 Å². The van der Waals surface area contributed by atoms with Crippen LogP contribution in [0.15, 0.2) is 42.6 Å². The van der Waals surface area contributed by atoms with E-state index in [0.717, 1.165) is 36.3 Å². The third-order valence-electron chi connectivity index (χ3n) is 3.25. The van der Waals surface area contributed by atoms with Crippen LogP contribution < -0.4 is 4.74 Å². The molecule has 1 heterocycles. The lowest BCUT2D eigenvalue weighted by Crippen LogP contribution is -2.04. The molecule has 2 rings (SSSR count). The van der Waals surface area contributed by atoms with Crippen LogP contribution in [0.3, 0.4) is 0 Å². The Kier molecular flexibility index (Phi) is 5.61. The van der Waals surface area contributed by atoms with Crippen molar-refractivity contribution in [1.82, 2.24) is 4.98 Å². The number of phenols is 1. The van der Waals surface area contributed by atoms with Crippen molar-refractivity contribution >= 4 is 0 Å². The monoisotopic (exact) mass is 285 g/mol. The highest BCUT2D eigenvalue weighted by Gasteiger charge is 2.05. The average Bonchev–Trinajstić information content (AvgIpc) is 2.48. The Morgan fingerprint density at radius 3 is 2.67 bits per heavy atom. The van der Waals surface area contributed by atoms with E-state index in [1.54, 1.807) is 6.07 Å². The molecule has 0 aliphatic heterocycles. The molecular formula is C18H23NO2. The van der Waals surface area contributed by atoms with Gasteiger partial charge in [0.05, 0.1) is 6.61 Å². The Morgan fingerprint density at radius 1 is 1.14 bits per heavy atom. The van der Waals surface area contributed by atoms with Gasteiger partial charge in [-0.2, -0.15) is 0 Å². The number of aromatic nitrogens is 1. The van der Waals surface area contributed by atoms with E-state index in [2.05, 4.69) is 18.8 Å². The van der Waals surface area contributed by atoms with Crippen molar-refractivity contribution in [3.8, 4) is 11.5 Å². The molecule has 0 bridgehead atoms. The van der Waals surface area contributed by atoms with Crippen LogP contribution in [-0.4, -0.2) is 16.7 Å². The van der Waals surface area contributed by atoms with Gasteiger partial charge in [-0.3, -0.25) is 4.98 Å². The van der Waals surface area contributed by atoms with Gasteiger partial charge in [-0.1, -0.05) is 26.0 Å². The minimum Gasteiger partial charge on any atom is -0.508 e. The maximum absolute atomic E-state index is 10.1. The zero-order valence-electron chi connectivity index (χ0n) is 12.7. The highest BCUT2D eigenvalue weighted by Crippen LogP contribution is 2.25. The molecule has 0 spiro atoms. The lowest BCUT2D eigenvalue weighted by Gasteiger charge is -2.11. The van der Waals surface area contributed by atoms with Gasteiger partial charge < -0.3 is 9.84 Å². The molecule has 112 valence electrons. The second-order valence-electron chi connectivity index (χ2n) is 5.67. The van der Waals surface area contributed by atoms with Gasteiger partial charge in [0.15, 0.2) is 0 Å². The van der Waals surface area contributed by atoms with E-state index < -0.39 is 0 Å². The maximum atomic E-state index is 10.1. The molecule has 0 atom stereocenters. The number of hydrogen-bond donors (Lipinski definition) is 1. The topological polar surface area (TPSA) is 42.4 Å². The zero-order valence-corrected chi connectivity index (χ0v) is 12.7. The van der Waals surface area contributed by atoms with Crippen LogP contribution in [-0.2, 0) is 12.8 Å². The average molecular weight is 285 g/mol. The Balaban J connectivity index is 1.86. The van der Waals surface area contributed by atoms with Crippen LogP contribution in [0, 0.1) is 5.92 Å². The molecular weight excluding hydrogens is 262 g/mol. The van der Waals surface area contributed by atoms with Crippen LogP contribution in [0.1, 0.15) is 31.5 Å². The van der Waals surface area contributed by atoms with E-state index >= 15 is 0 Å². The first-order chi connectivity index (χ1) is 10.1. The summed E-state index contributed by atoms with van der Waals surface area (Å²) in [5.74, 6) is 1.53. The number of aromatic hydroxyl groups is 1. The largest absolute Gasteiger partial charge is 0.508 e. The van der Waals surface area contributed by atoms with Crippen molar-refractivity contribution < 1.29 is 9.84 Å². The van der Waals surface area contributed by atoms with Crippen LogP contribution >= 0.6 is 0 Å². The second-order valence-corrected chi connectivity index (χ2v) is 5.67. The van der Waals surface area contributed by atoms with Crippen molar-refractivity contribution in [1.29, 1.82) is 0 Å². The summed E-state index contributed by atoms with van der Waals surface area (Å²) in [4.78, 5) is 4.30. The number of hydrogen-bond acceptors (Lipinski definition) is 3. The molecule has 1 N–H and O–H groups in total. The first-order valence-electron chi connectivity index (χ1n) is 7.49. The summed E-state index contributed by atoms with van der Waals surface area (Å²) >= 11 is 0. The fourth-order valence-electron chi connectivity index (χ4n) is 2.11. The summed E-state index contributed by atoms with van der Waals surface area (Å²) in [7, 11) is 0. The van der Waals surface area contributed by atoms with Gasteiger partial charge in [0.25, 0.3) is 0 Å². The Labute approximate surface area is 126 Å². The Bertz CT molecular complexity index is 552. The van der Waals surface area contributed by atoms with Crippen LogP contribution in [0.4, 0.5) is 0 Å². The first-order valence-corrected chi connectivity index (χ1v) is 7.49. The molecule has 0 unspecified atom stereocenters. The smallest absolute Gasteiger partial charge is 0.123 e. The predicted octanol–water partition coefficient (Wildman–Crippen LogP) is 4.00. The molecule has 0 aliphatic rings. The SMILES string of the molecule is CC(C)COc1ccc(CCCc2ccccn2)c(O)c1. The van der Waals surface area contributed by atoms with Crippen molar-refractivity contribution in [2.24, 2.45) is 5.92 Å². The molecule has 21 heavy (non-hydrogen) atoms. The second kappa shape index (κ2) is 7.67. The number of rotatable bonds is 7. The van der Waals surface area contributed by atoms with Gasteiger partial charge in [-0.05, 0) is 48.9 Å².